The molecule has 1 atom stereocenters. The SMILES string of the molecule is COc1ccc([C@@H](CNC(=O)c2ccc(OCc3cn4ccccc4n3)cc2)N2CCCC2)cc1. The van der Waals surface area contributed by atoms with Crippen molar-refractivity contribution in [3.05, 3.63) is 95.9 Å². The molecule has 1 aliphatic rings. The second kappa shape index (κ2) is 10.6. The number of pyridine rings is 1. The van der Waals surface area contributed by atoms with Crippen LogP contribution in [0.5, 0.6) is 11.5 Å². The minimum absolute atomic E-state index is 0.0883. The van der Waals surface area contributed by atoms with Crippen molar-refractivity contribution < 1.29 is 14.3 Å². The molecular formula is C28H30N4O3. The molecule has 1 N–H and O–H groups in total. The second-order valence-corrected chi connectivity index (χ2v) is 8.75. The summed E-state index contributed by atoms with van der Waals surface area (Å²) in [5.74, 6) is 1.45. The van der Waals surface area contributed by atoms with E-state index in [4.69, 9.17) is 9.47 Å². The number of hydrogen-bond acceptors (Lipinski definition) is 5. The van der Waals surface area contributed by atoms with E-state index in [1.165, 1.54) is 18.4 Å². The molecule has 0 spiro atoms. The number of aromatic nitrogens is 2. The quantitative estimate of drug-likeness (QED) is 0.390. The molecule has 0 radical (unpaired) electrons. The molecule has 35 heavy (non-hydrogen) atoms. The second-order valence-electron chi connectivity index (χ2n) is 8.75. The van der Waals surface area contributed by atoms with Crippen LogP contribution >= 0.6 is 0 Å². The van der Waals surface area contributed by atoms with Crippen molar-refractivity contribution >= 4 is 11.6 Å². The summed E-state index contributed by atoms with van der Waals surface area (Å²) in [6, 6.07) is 21.4. The van der Waals surface area contributed by atoms with Crippen molar-refractivity contribution in [2.24, 2.45) is 0 Å². The number of nitrogens with one attached hydrogen (secondary N) is 1. The van der Waals surface area contributed by atoms with Gasteiger partial charge in [-0.1, -0.05) is 18.2 Å². The number of hydrogen-bond donors (Lipinski definition) is 1. The van der Waals surface area contributed by atoms with Gasteiger partial charge in [-0.15, -0.1) is 0 Å². The highest BCUT2D eigenvalue weighted by molar-refractivity contribution is 5.94. The first kappa shape index (κ1) is 22.9. The highest BCUT2D eigenvalue weighted by Gasteiger charge is 2.24. The van der Waals surface area contributed by atoms with Crippen LogP contribution in [0.2, 0.25) is 0 Å². The standard InChI is InChI=1S/C28H30N4O3/c1-34-24-11-7-21(8-12-24)26(31-15-4-5-16-31)18-29-28(33)22-9-13-25(14-10-22)35-20-23-19-32-17-3-2-6-27(32)30-23/h2-3,6-14,17,19,26H,4-5,15-16,18,20H2,1H3,(H,29,33)/t26-/m1/s1. The number of nitrogens with zero attached hydrogens (tertiary/aromatic N) is 3. The number of rotatable bonds is 9. The summed E-state index contributed by atoms with van der Waals surface area (Å²) in [6.07, 6.45) is 6.30. The van der Waals surface area contributed by atoms with Gasteiger partial charge < -0.3 is 19.2 Å². The number of carbonyl (C=O) groups excluding carboxylic acids is 1. The fraction of sp³-hybridized carbons (Fsp3) is 0.286. The maximum Gasteiger partial charge on any atom is 0.251 e. The maximum atomic E-state index is 12.9. The number of ether oxygens (including phenoxy) is 2. The topological polar surface area (TPSA) is 68.1 Å². The Bertz CT molecular complexity index is 1230. The van der Waals surface area contributed by atoms with Crippen molar-refractivity contribution in [3.63, 3.8) is 0 Å². The number of carbonyl (C=O) groups is 1. The van der Waals surface area contributed by atoms with Gasteiger partial charge in [-0.05, 0) is 80.0 Å². The van der Waals surface area contributed by atoms with Gasteiger partial charge in [-0.3, -0.25) is 9.69 Å². The molecule has 1 fully saturated rings. The zero-order valence-electron chi connectivity index (χ0n) is 19.9. The molecule has 0 unspecified atom stereocenters. The van der Waals surface area contributed by atoms with Crippen molar-refractivity contribution in [2.75, 3.05) is 26.7 Å². The highest BCUT2D eigenvalue weighted by atomic mass is 16.5. The molecule has 4 aromatic rings. The summed E-state index contributed by atoms with van der Waals surface area (Å²) in [7, 11) is 1.67. The van der Waals surface area contributed by atoms with Crippen LogP contribution < -0.4 is 14.8 Å². The molecule has 2 aromatic carbocycles. The Hall–Kier alpha value is -3.84. The van der Waals surface area contributed by atoms with Gasteiger partial charge >= 0.3 is 0 Å². The smallest absolute Gasteiger partial charge is 0.251 e. The zero-order valence-corrected chi connectivity index (χ0v) is 19.9. The molecule has 7 heteroatoms. The van der Waals surface area contributed by atoms with Crippen molar-refractivity contribution in [3.8, 4) is 11.5 Å². The molecule has 0 aliphatic carbocycles. The Morgan fingerprint density at radius 2 is 1.74 bits per heavy atom. The minimum atomic E-state index is -0.0883. The third-order valence-corrected chi connectivity index (χ3v) is 6.46. The van der Waals surface area contributed by atoms with E-state index in [0.29, 0.717) is 24.5 Å². The molecular weight excluding hydrogens is 440 g/mol. The van der Waals surface area contributed by atoms with Crippen LogP contribution in [0.15, 0.2) is 79.1 Å². The molecule has 2 aromatic heterocycles. The highest BCUT2D eigenvalue weighted by Crippen LogP contribution is 2.26. The molecule has 1 aliphatic heterocycles. The van der Waals surface area contributed by atoms with Crippen molar-refractivity contribution in [2.45, 2.75) is 25.5 Å². The van der Waals surface area contributed by atoms with Crippen LogP contribution in [0.3, 0.4) is 0 Å². The lowest BCUT2D eigenvalue weighted by molar-refractivity contribution is 0.0938. The van der Waals surface area contributed by atoms with E-state index in [1.807, 2.05) is 59.3 Å². The first-order valence-corrected chi connectivity index (χ1v) is 12.0. The van der Waals surface area contributed by atoms with Crippen LogP contribution in [0, 0.1) is 0 Å². The largest absolute Gasteiger partial charge is 0.497 e. The average molecular weight is 471 g/mol. The molecule has 3 heterocycles. The number of benzene rings is 2. The zero-order chi connectivity index (χ0) is 24.0. The molecule has 180 valence electrons. The van der Waals surface area contributed by atoms with Gasteiger partial charge in [0.05, 0.1) is 18.8 Å². The number of imidazole rings is 1. The van der Waals surface area contributed by atoms with Gasteiger partial charge in [-0.2, -0.15) is 0 Å². The first-order valence-electron chi connectivity index (χ1n) is 12.0. The molecule has 1 saturated heterocycles. The lowest BCUT2D eigenvalue weighted by Crippen LogP contribution is -2.36. The van der Waals surface area contributed by atoms with Crippen LogP contribution in [-0.2, 0) is 6.61 Å². The van der Waals surface area contributed by atoms with Gasteiger partial charge in [0.2, 0.25) is 0 Å². The predicted molar refractivity (Wildman–Crippen MR) is 135 cm³/mol. The van der Waals surface area contributed by atoms with Gasteiger partial charge in [0.1, 0.15) is 23.8 Å². The lowest BCUT2D eigenvalue weighted by atomic mass is 10.0. The van der Waals surface area contributed by atoms with Crippen LogP contribution in [0.25, 0.3) is 5.65 Å². The van der Waals surface area contributed by atoms with E-state index in [-0.39, 0.29) is 11.9 Å². The monoisotopic (exact) mass is 470 g/mol. The van der Waals surface area contributed by atoms with Gasteiger partial charge in [-0.25, -0.2) is 4.98 Å². The first-order chi connectivity index (χ1) is 17.2. The molecule has 0 saturated carbocycles. The van der Waals surface area contributed by atoms with Crippen molar-refractivity contribution in [1.29, 1.82) is 0 Å². The van der Waals surface area contributed by atoms with Gasteiger partial charge in [0.25, 0.3) is 5.91 Å². The molecule has 0 bridgehead atoms. The molecule has 7 nitrogen and oxygen atoms in total. The predicted octanol–water partition coefficient (Wildman–Crippen LogP) is 4.49. The summed E-state index contributed by atoms with van der Waals surface area (Å²) in [5.41, 5.74) is 3.54. The Balaban J connectivity index is 1.18. The number of likely N-dealkylation sites (tertiary alicyclic amines) is 1. The summed E-state index contributed by atoms with van der Waals surface area (Å²) in [4.78, 5) is 19.9. The number of fused-ring (bicyclic) bond motifs is 1. The van der Waals surface area contributed by atoms with E-state index >= 15 is 0 Å². The Kier molecular flexibility index (Phi) is 6.95. The van der Waals surface area contributed by atoms with Crippen LogP contribution in [0.4, 0.5) is 0 Å². The number of amides is 1. The summed E-state index contributed by atoms with van der Waals surface area (Å²) >= 11 is 0. The minimum Gasteiger partial charge on any atom is -0.497 e. The van der Waals surface area contributed by atoms with Gasteiger partial charge in [0.15, 0.2) is 0 Å². The van der Waals surface area contributed by atoms with E-state index in [9.17, 15) is 4.79 Å². The fourth-order valence-electron chi connectivity index (χ4n) is 4.55. The summed E-state index contributed by atoms with van der Waals surface area (Å²) in [6.45, 7) is 3.01. The lowest BCUT2D eigenvalue weighted by Gasteiger charge is -2.28. The number of methoxy groups -OCH3 is 1. The van der Waals surface area contributed by atoms with Gasteiger partial charge in [0, 0.05) is 24.5 Å². The van der Waals surface area contributed by atoms with E-state index < -0.39 is 0 Å². The Labute approximate surface area is 205 Å². The third kappa shape index (κ3) is 5.46. The Morgan fingerprint density at radius 1 is 1.00 bits per heavy atom. The third-order valence-electron chi connectivity index (χ3n) is 6.46. The summed E-state index contributed by atoms with van der Waals surface area (Å²) < 4.78 is 13.1. The van der Waals surface area contributed by atoms with Crippen LogP contribution in [-0.4, -0.2) is 46.9 Å². The van der Waals surface area contributed by atoms with E-state index in [2.05, 4.69) is 27.3 Å². The summed E-state index contributed by atoms with van der Waals surface area (Å²) in [5, 5.41) is 3.13. The Morgan fingerprint density at radius 3 is 2.46 bits per heavy atom. The van der Waals surface area contributed by atoms with Crippen molar-refractivity contribution in [1.82, 2.24) is 19.6 Å². The fourth-order valence-corrected chi connectivity index (χ4v) is 4.55. The molecule has 1 amide bonds. The van der Waals surface area contributed by atoms with E-state index in [1.54, 1.807) is 19.2 Å². The van der Waals surface area contributed by atoms with E-state index in [0.717, 1.165) is 30.2 Å². The normalized spacial score (nSPS) is 14.7. The maximum absolute atomic E-state index is 12.9. The molecule has 5 rings (SSSR count). The van der Waals surface area contributed by atoms with Crippen LogP contribution in [0.1, 0.15) is 40.5 Å². The average Bonchev–Trinajstić information content (AvgIpc) is 3.58.